The van der Waals surface area contributed by atoms with Gasteiger partial charge in [0.1, 0.15) is 11.5 Å². The van der Waals surface area contributed by atoms with E-state index < -0.39 is 0 Å². The molecule has 0 N–H and O–H groups in total. The molecule has 2 aromatic rings. The molecule has 0 saturated carbocycles. The van der Waals surface area contributed by atoms with Crippen molar-refractivity contribution in [2.75, 3.05) is 33.5 Å². The molecule has 0 spiro atoms. The van der Waals surface area contributed by atoms with Crippen LogP contribution in [-0.2, 0) is 17.8 Å². The van der Waals surface area contributed by atoms with Crippen LogP contribution in [0.1, 0.15) is 25.0 Å². The Balaban J connectivity index is 1.64. The first-order valence-electron chi connectivity index (χ1n) is 9.60. The Labute approximate surface area is 166 Å². The van der Waals surface area contributed by atoms with Crippen molar-refractivity contribution < 1.29 is 23.7 Å². The number of amides is 1. The summed E-state index contributed by atoms with van der Waals surface area (Å²) in [6.07, 6.45) is 0.788. The Kier molecular flexibility index (Phi) is 6.63. The lowest BCUT2D eigenvalue weighted by molar-refractivity contribution is -0.134. The van der Waals surface area contributed by atoms with E-state index in [4.69, 9.17) is 18.9 Å². The molecule has 1 aliphatic rings. The molecule has 0 radical (unpaired) electrons. The zero-order chi connectivity index (χ0) is 19.9. The highest BCUT2D eigenvalue weighted by molar-refractivity contribution is 5.78. The van der Waals surface area contributed by atoms with E-state index in [-0.39, 0.29) is 12.5 Å². The number of carbonyl (C=O) groups is 1. The number of ether oxygens (including phenoxy) is 4. The van der Waals surface area contributed by atoms with Gasteiger partial charge in [0.05, 0.1) is 20.3 Å². The molecule has 0 fully saturated rings. The van der Waals surface area contributed by atoms with Crippen molar-refractivity contribution in [2.45, 2.75) is 26.8 Å². The highest BCUT2D eigenvalue weighted by Gasteiger charge is 2.23. The summed E-state index contributed by atoms with van der Waals surface area (Å²) in [5.74, 6) is 2.86. The minimum Gasteiger partial charge on any atom is -0.497 e. The summed E-state index contributed by atoms with van der Waals surface area (Å²) in [5.41, 5.74) is 2.29. The van der Waals surface area contributed by atoms with Crippen LogP contribution in [-0.4, -0.2) is 44.3 Å². The number of benzene rings is 2. The van der Waals surface area contributed by atoms with Gasteiger partial charge in [-0.15, -0.1) is 0 Å². The maximum absolute atomic E-state index is 12.6. The number of hydrogen-bond acceptors (Lipinski definition) is 5. The largest absolute Gasteiger partial charge is 0.497 e. The smallest absolute Gasteiger partial charge is 0.260 e. The zero-order valence-corrected chi connectivity index (χ0v) is 16.7. The molecule has 0 atom stereocenters. The van der Waals surface area contributed by atoms with Gasteiger partial charge in [-0.3, -0.25) is 4.79 Å². The third kappa shape index (κ3) is 4.68. The normalized spacial score (nSPS) is 12.9. The number of methoxy groups -OCH3 is 1. The molecule has 0 saturated heterocycles. The molecule has 2 aromatic carbocycles. The molecular formula is C22H27NO5. The van der Waals surface area contributed by atoms with Crippen molar-refractivity contribution in [1.82, 2.24) is 4.90 Å². The first-order valence-corrected chi connectivity index (χ1v) is 9.60. The molecule has 1 amide bonds. The van der Waals surface area contributed by atoms with Gasteiger partial charge in [-0.2, -0.15) is 0 Å². The van der Waals surface area contributed by atoms with Crippen LogP contribution in [0.25, 0.3) is 0 Å². The Bertz CT molecular complexity index is 803. The molecule has 3 rings (SSSR count). The van der Waals surface area contributed by atoms with Crippen molar-refractivity contribution in [2.24, 2.45) is 0 Å². The maximum Gasteiger partial charge on any atom is 0.260 e. The third-order valence-corrected chi connectivity index (χ3v) is 4.65. The van der Waals surface area contributed by atoms with Gasteiger partial charge >= 0.3 is 0 Å². The van der Waals surface area contributed by atoms with Crippen LogP contribution in [0.15, 0.2) is 36.4 Å². The van der Waals surface area contributed by atoms with Gasteiger partial charge in [0.15, 0.2) is 18.1 Å². The topological polar surface area (TPSA) is 57.2 Å². The summed E-state index contributed by atoms with van der Waals surface area (Å²) in [6.45, 7) is 6.28. The van der Waals surface area contributed by atoms with E-state index in [1.54, 1.807) is 19.2 Å². The summed E-state index contributed by atoms with van der Waals surface area (Å²) in [4.78, 5) is 14.4. The molecule has 0 bridgehead atoms. The first-order chi connectivity index (χ1) is 13.6. The van der Waals surface area contributed by atoms with Crippen LogP contribution in [0.5, 0.6) is 23.0 Å². The minimum absolute atomic E-state index is 0.0109. The number of carbonyl (C=O) groups excluding carboxylic acids is 1. The fraction of sp³-hybridized carbons (Fsp3) is 0.409. The standard InChI is InChI=1S/C22H27NO5/c1-4-26-20-12-16-10-11-23(14-17(16)13-21(20)27-5-2)22(24)15-28-19-8-6-18(25-3)7-9-19/h6-9,12-13H,4-5,10-11,14-15H2,1-3H3. The van der Waals surface area contributed by atoms with Crippen LogP contribution in [0.2, 0.25) is 0 Å². The second-order valence-corrected chi connectivity index (χ2v) is 6.46. The number of rotatable bonds is 8. The van der Waals surface area contributed by atoms with Gasteiger partial charge in [0, 0.05) is 13.1 Å². The van der Waals surface area contributed by atoms with Crippen LogP contribution >= 0.6 is 0 Å². The average molecular weight is 385 g/mol. The highest BCUT2D eigenvalue weighted by Crippen LogP contribution is 2.34. The first kappa shape index (κ1) is 19.9. The Morgan fingerprint density at radius 2 is 1.54 bits per heavy atom. The fourth-order valence-corrected chi connectivity index (χ4v) is 3.22. The Morgan fingerprint density at radius 1 is 0.929 bits per heavy atom. The van der Waals surface area contributed by atoms with E-state index in [2.05, 4.69) is 0 Å². The van der Waals surface area contributed by atoms with Crippen LogP contribution in [0, 0.1) is 0 Å². The Morgan fingerprint density at radius 3 is 2.14 bits per heavy atom. The molecule has 1 heterocycles. The summed E-state index contributed by atoms with van der Waals surface area (Å²) in [7, 11) is 1.61. The van der Waals surface area contributed by atoms with Gasteiger partial charge in [-0.05, 0) is 67.8 Å². The van der Waals surface area contributed by atoms with Crippen LogP contribution in [0.3, 0.4) is 0 Å². The SMILES string of the molecule is CCOc1cc2c(cc1OCC)CN(C(=O)COc1ccc(OC)cc1)CC2. The lowest BCUT2D eigenvalue weighted by atomic mass is 9.98. The molecular weight excluding hydrogens is 358 g/mol. The van der Waals surface area contributed by atoms with E-state index in [0.717, 1.165) is 29.2 Å². The minimum atomic E-state index is -0.0340. The van der Waals surface area contributed by atoms with E-state index >= 15 is 0 Å². The predicted octanol–water partition coefficient (Wildman–Crippen LogP) is 3.46. The van der Waals surface area contributed by atoms with Crippen LogP contribution < -0.4 is 18.9 Å². The Hall–Kier alpha value is -2.89. The lowest BCUT2D eigenvalue weighted by Gasteiger charge is -2.29. The van der Waals surface area contributed by atoms with Gasteiger partial charge in [-0.1, -0.05) is 0 Å². The van der Waals surface area contributed by atoms with Crippen molar-refractivity contribution in [3.63, 3.8) is 0 Å². The maximum atomic E-state index is 12.6. The third-order valence-electron chi connectivity index (χ3n) is 4.65. The van der Waals surface area contributed by atoms with Gasteiger partial charge in [0.2, 0.25) is 0 Å². The van der Waals surface area contributed by atoms with E-state index in [9.17, 15) is 4.79 Å². The monoisotopic (exact) mass is 385 g/mol. The van der Waals surface area contributed by atoms with Gasteiger partial charge in [-0.25, -0.2) is 0 Å². The van der Waals surface area contributed by atoms with E-state index in [1.807, 2.05) is 43.0 Å². The van der Waals surface area contributed by atoms with Gasteiger partial charge < -0.3 is 23.8 Å². The predicted molar refractivity (Wildman–Crippen MR) is 106 cm³/mol. The lowest BCUT2D eigenvalue weighted by Crippen LogP contribution is -2.38. The summed E-state index contributed by atoms with van der Waals surface area (Å²) < 4.78 is 22.2. The fourth-order valence-electron chi connectivity index (χ4n) is 3.22. The molecule has 1 aliphatic heterocycles. The summed E-state index contributed by atoms with van der Waals surface area (Å²) in [5, 5.41) is 0. The number of fused-ring (bicyclic) bond motifs is 1. The van der Waals surface area contributed by atoms with Crippen molar-refractivity contribution in [1.29, 1.82) is 0 Å². The quantitative estimate of drug-likeness (QED) is 0.697. The molecule has 6 heteroatoms. The van der Waals surface area contributed by atoms with E-state index in [1.165, 1.54) is 5.56 Å². The van der Waals surface area contributed by atoms with Gasteiger partial charge in [0.25, 0.3) is 5.91 Å². The number of nitrogens with zero attached hydrogens (tertiary/aromatic N) is 1. The average Bonchev–Trinajstić information content (AvgIpc) is 2.73. The van der Waals surface area contributed by atoms with E-state index in [0.29, 0.717) is 32.1 Å². The molecule has 150 valence electrons. The molecule has 0 aromatic heterocycles. The summed E-state index contributed by atoms with van der Waals surface area (Å²) >= 11 is 0. The molecule has 6 nitrogen and oxygen atoms in total. The molecule has 0 unspecified atom stereocenters. The van der Waals surface area contributed by atoms with Crippen molar-refractivity contribution in [3.8, 4) is 23.0 Å². The molecule has 28 heavy (non-hydrogen) atoms. The highest BCUT2D eigenvalue weighted by atomic mass is 16.5. The number of hydrogen-bond donors (Lipinski definition) is 0. The second kappa shape index (κ2) is 9.35. The van der Waals surface area contributed by atoms with Crippen molar-refractivity contribution in [3.05, 3.63) is 47.5 Å². The van der Waals surface area contributed by atoms with Crippen molar-refractivity contribution >= 4 is 5.91 Å². The molecule has 0 aliphatic carbocycles. The second-order valence-electron chi connectivity index (χ2n) is 6.46. The van der Waals surface area contributed by atoms with Crippen LogP contribution in [0.4, 0.5) is 0 Å². The summed E-state index contributed by atoms with van der Waals surface area (Å²) in [6, 6.07) is 11.2. The zero-order valence-electron chi connectivity index (χ0n) is 16.7.